The summed E-state index contributed by atoms with van der Waals surface area (Å²) >= 11 is 0. The molecule has 2 nitrogen and oxygen atoms in total. The molecule has 0 saturated carbocycles. The Hall–Kier alpha value is -0.0800. The SMILES string of the molecule is CCC1OC1[N+](CC)(CC)CC. The number of quaternary nitrogens is 1. The first-order valence-electron chi connectivity index (χ1n) is 5.25. The van der Waals surface area contributed by atoms with Crippen LogP contribution in [-0.2, 0) is 4.74 Å². The minimum Gasteiger partial charge on any atom is -0.314 e. The molecule has 2 heteroatoms. The van der Waals surface area contributed by atoms with Gasteiger partial charge in [-0.25, -0.2) is 0 Å². The molecule has 0 aromatic rings. The molecule has 1 aliphatic heterocycles. The van der Waals surface area contributed by atoms with E-state index in [1.807, 2.05) is 0 Å². The molecule has 2 atom stereocenters. The Morgan fingerprint density at radius 3 is 1.75 bits per heavy atom. The largest absolute Gasteiger partial charge is 0.314 e. The van der Waals surface area contributed by atoms with Gasteiger partial charge in [-0.2, -0.15) is 0 Å². The van der Waals surface area contributed by atoms with Gasteiger partial charge in [-0.1, -0.05) is 6.92 Å². The molecule has 0 bridgehead atoms. The lowest BCUT2D eigenvalue weighted by atomic mass is 10.2. The van der Waals surface area contributed by atoms with Crippen LogP contribution in [0.25, 0.3) is 0 Å². The molecule has 12 heavy (non-hydrogen) atoms. The van der Waals surface area contributed by atoms with E-state index < -0.39 is 0 Å². The van der Waals surface area contributed by atoms with Crippen LogP contribution in [0.5, 0.6) is 0 Å². The number of hydrogen-bond donors (Lipinski definition) is 0. The van der Waals surface area contributed by atoms with Crippen molar-refractivity contribution in [3.8, 4) is 0 Å². The number of hydrogen-bond acceptors (Lipinski definition) is 1. The fraction of sp³-hybridized carbons (Fsp3) is 1.00. The fourth-order valence-electron chi connectivity index (χ4n) is 2.12. The lowest BCUT2D eigenvalue weighted by Gasteiger charge is -2.34. The van der Waals surface area contributed by atoms with Crippen LogP contribution in [0.3, 0.4) is 0 Å². The molecule has 1 fully saturated rings. The van der Waals surface area contributed by atoms with Gasteiger partial charge in [0, 0.05) is 0 Å². The minimum absolute atomic E-state index is 0.509. The number of likely N-dealkylation sites (N-methyl/N-ethyl adjacent to an activating group) is 1. The maximum atomic E-state index is 5.68. The molecule has 2 unspecified atom stereocenters. The second-order valence-corrected chi connectivity index (χ2v) is 3.64. The predicted molar refractivity (Wildman–Crippen MR) is 50.8 cm³/mol. The van der Waals surface area contributed by atoms with E-state index in [1.165, 1.54) is 26.1 Å². The van der Waals surface area contributed by atoms with Gasteiger partial charge >= 0.3 is 0 Å². The van der Waals surface area contributed by atoms with Crippen molar-refractivity contribution in [3.63, 3.8) is 0 Å². The maximum Gasteiger partial charge on any atom is 0.220 e. The third-order valence-electron chi connectivity index (χ3n) is 3.39. The van der Waals surface area contributed by atoms with Crippen molar-refractivity contribution in [1.82, 2.24) is 0 Å². The van der Waals surface area contributed by atoms with Gasteiger partial charge in [0.2, 0.25) is 6.23 Å². The van der Waals surface area contributed by atoms with Crippen molar-refractivity contribution in [2.75, 3.05) is 19.6 Å². The van der Waals surface area contributed by atoms with Crippen LogP contribution in [0.2, 0.25) is 0 Å². The van der Waals surface area contributed by atoms with E-state index in [-0.39, 0.29) is 0 Å². The molecular weight excluding hydrogens is 150 g/mol. The first-order chi connectivity index (χ1) is 5.74. The maximum absolute atomic E-state index is 5.68. The predicted octanol–water partition coefficient (Wildman–Crippen LogP) is 2.00. The van der Waals surface area contributed by atoms with Gasteiger partial charge in [-0.3, -0.25) is 4.48 Å². The summed E-state index contributed by atoms with van der Waals surface area (Å²) in [6, 6.07) is 0. The van der Waals surface area contributed by atoms with E-state index in [0.29, 0.717) is 12.3 Å². The van der Waals surface area contributed by atoms with Crippen LogP contribution in [-0.4, -0.2) is 36.4 Å². The summed E-state index contributed by atoms with van der Waals surface area (Å²) in [6.07, 6.45) is 2.23. The molecule has 0 amide bonds. The highest BCUT2D eigenvalue weighted by Gasteiger charge is 2.51. The summed E-state index contributed by atoms with van der Waals surface area (Å²) in [5.74, 6) is 0. The quantitative estimate of drug-likeness (QED) is 0.456. The third kappa shape index (κ3) is 1.50. The lowest BCUT2D eigenvalue weighted by molar-refractivity contribution is -0.943. The number of rotatable bonds is 5. The van der Waals surface area contributed by atoms with Crippen molar-refractivity contribution >= 4 is 0 Å². The van der Waals surface area contributed by atoms with E-state index in [9.17, 15) is 0 Å². The first kappa shape index (κ1) is 10.0. The van der Waals surface area contributed by atoms with Crippen LogP contribution in [0.1, 0.15) is 34.1 Å². The standard InChI is InChI=1S/C10H22NO/c1-5-9-10(12-9)11(6-2,7-3)8-4/h9-10H,5-8H2,1-4H3/q+1. The molecule has 1 aliphatic rings. The molecule has 0 spiro atoms. The molecule has 0 aromatic carbocycles. The van der Waals surface area contributed by atoms with E-state index in [1.54, 1.807) is 0 Å². The zero-order valence-corrected chi connectivity index (χ0v) is 8.84. The van der Waals surface area contributed by atoms with Crippen molar-refractivity contribution < 1.29 is 9.22 Å². The van der Waals surface area contributed by atoms with E-state index in [4.69, 9.17) is 4.74 Å². The van der Waals surface area contributed by atoms with Gasteiger partial charge < -0.3 is 4.74 Å². The van der Waals surface area contributed by atoms with Crippen LogP contribution in [0, 0.1) is 0 Å². The third-order valence-corrected chi connectivity index (χ3v) is 3.39. The number of nitrogens with zero attached hydrogens (tertiary/aromatic N) is 1. The topological polar surface area (TPSA) is 12.5 Å². The highest BCUT2D eigenvalue weighted by Crippen LogP contribution is 2.34. The van der Waals surface area contributed by atoms with E-state index in [2.05, 4.69) is 27.7 Å². The van der Waals surface area contributed by atoms with Crippen LogP contribution < -0.4 is 0 Å². The molecule has 0 aliphatic carbocycles. The van der Waals surface area contributed by atoms with Gasteiger partial charge in [-0.15, -0.1) is 0 Å². The zero-order chi connectivity index (χ0) is 9.19. The second-order valence-electron chi connectivity index (χ2n) is 3.64. The average Bonchev–Trinajstić information content (AvgIpc) is 2.89. The average molecular weight is 172 g/mol. The van der Waals surface area contributed by atoms with Crippen molar-refractivity contribution in [2.24, 2.45) is 0 Å². The summed E-state index contributed by atoms with van der Waals surface area (Å²) in [5, 5.41) is 0. The Labute approximate surface area is 76.1 Å². The van der Waals surface area contributed by atoms with Crippen LogP contribution in [0.4, 0.5) is 0 Å². The zero-order valence-electron chi connectivity index (χ0n) is 8.84. The molecule has 0 aromatic heterocycles. The van der Waals surface area contributed by atoms with Gasteiger partial charge in [0.05, 0.1) is 19.6 Å². The highest BCUT2D eigenvalue weighted by molar-refractivity contribution is 4.76. The summed E-state index contributed by atoms with van der Waals surface area (Å²) in [7, 11) is 0. The Morgan fingerprint density at radius 2 is 1.50 bits per heavy atom. The smallest absolute Gasteiger partial charge is 0.220 e. The molecule has 0 radical (unpaired) electrons. The molecule has 72 valence electrons. The number of epoxide rings is 1. The van der Waals surface area contributed by atoms with E-state index >= 15 is 0 Å². The molecule has 1 heterocycles. The Balaban J connectivity index is 2.55. The van der Waals surface area contributed by atoms with Crippen molar-refractivity contribution in [2.45, 2.75) is 46.4 Å². The molecule has 1 saturated heterocycles. The minimum atomic E-state index is 0.509. The van der Waals surface area contributed by atoms with Gasteiger partial charge in [-0.05, 0) is 27.2 Å². The van der Waals surface area contributed by atoms with Crippen molar-refractivity contribution in [3.05, 3.63) is 0 Å². The second kappa shape index (κ2) is 3.75. The summed E-state index contributed by atoms with van der Waals surface area (Å²) in [5.41, 5.74) is 0. The molecular formula is C10H22NO+. The van der Waals surface area contributed by atoms with Crippen LogP contribution in [0.15, 0.2) is 0 Å². The molecule has 1 rings (SSSR count). The van der Waals surface area contributed by atoms with Crippen molar-refractivity contribution in [1.29, 1.82) is 0 Å². The fourth-order valence-corrected chi connectivity index (χ4v) is 2.12. The summed E-state index contributed by atoms with van der Waals surface area (Å²) in [6.45, 7) is 12.6. The highest BCUT2D eigenvalue weighted by atomic mass is 16.6. The van der Waals surface area contributed by atoms with Gasteiger partial charge in [0.15, 0.2) is 0 Å². The summed E-state index contributed by atoms with van der Waals surface area (Å²) in [4.78, 5) is 0. The lowest BCUT2D eigenvalue weighted by Crippen LogP contribution is -2.50. The normalized spacial score (nSPS) is 29.0. The van der Waals surface area contributed by atoms with Crippen LogP contribution >= 0.6 is 0 Å². The van der Waals surface area contributed by atoms with Gasteiger partial charge in [0.1, 0.15) is 6.10 Å². The number of ether oxygens (including phenoxy) is 1. The monoisotopic (exact) mass is 172 g/mol. The van der Waals surface area contributed by atoms with Gasteiger partial charge in [0.25, 0.3) is 0 Å². The Bertz CT molecular complexity index is 135. The Kier molecular flexibility index (Phi) is 3.13. The van der Waals surface area contributed by atoms with E-state index in [0.717, 1.165) is 4.48 Å². The first-order valence-corrected chi connectivity index (χ1v) is 5.25. The Morgan fingerprint density at radius 1 is 1.00 bits per heavy atom. The summed E-state index contributed by atoms with van der Waals surface area (Å²) < 4.78 is 6.83. The molecule has 0 N–H and O–H groups in total.